The molecule has 1 amide bonds. The topological polar surface area (TPSA) is 81.2 Å². The van der Waals surface area contributed by atoms with Gasteiger partial charge < -0.3 is 20.3 Å². The summed E-state index contributed by atoms with van der Waals surface area (Å²) >= 11 is 1.63. The summed E-state index contributed by atoms with van der Waals surface area (Å²) in [6.07, 6.45) is 2.94. The van der Waals surface area contributed by atoms with Crippen molar-refractivity contribution >= 4 is 33.3 Å². The fraction of sp³-hybridized carbons (Fsp3) is 0.429. The fourth-order valence-corrected chi connectivity index (χ4v) is 4.89. The number of carbonyl (C=O) groups is 1. The van der Waals surface area contributed by atoms with E-state index in [9.17, 15) is 9.90 Å². The molecule has 0 atom stereocenters. The molecule has 1 aliphatic carbocycles. The van der Waals surface area contributed by atoms with E-state index in [1.165, 1.54) is 5.56 Å². The molecule has 7 heteroatoms. The van der Waals surface area contributed by atoms with Crippen LogP contribution in [0.3, 0.4) is 0 Å². The molecule has 6 nitrogen and oxygen atoms in total. The largest absolute Gasteiger partial charge is 0.396 e. The van der Waals surface area contributed by atoms with Crippen molar-refractivity contribution < 1.29 is 9.90 Å². The van der Waals surface area contributed by atoms with Crippen molar-refractivity contribution in [2.24, 2.45) is 5.41 Å². The highest BCUT2D eigenvalue weighted by Gasteiger charge is 2.42. The molecule has 5 rings (SSSR count). The molecule has 0 bridgehead atoms. The van der Waals surface area contributed by atoms with Gasteiger partial charge in [0.1, 0.15) is 5.69 Å². The number of aromatic amines is 1. The molecule has 1 aliphatic heterocycles. The van der Waals surface area contributed by atoms with E-state index in [0.717, 1.165) is 52.4 Å². The predicted octanol–water partition coefficient (Wildman–Crippen LogP) is 3.32. The zero-order valence-electron chi connectivity index (χ0n) is 15.9. The minimum Gasteiger partial charge on any atom is -0.396 e. The number of anilines is 1. The summed E-state index contributed by atoms with van der Waals surface area (Å²) in [7, 11) is 0. The lowest BCUT2D eigenvalue weighted by molar-refractivity contribution is 0.0731. The van der Waals surface area contributed by atoms with Gasteiger partial charge in [-0.05, 0) is 37.5 Å². The molecule has 28 heavy (non-hydrogen) atoms. The molecule has 1 fully saturated rings. The normalized spacial score (nSPS) is 17.6. The van der Waals surface area contributed by atoms with E-state index < -0.39 is 0 Å². The zero-order chi connectivity index (χ0) is 19.3. The second kappa shape index (κ2) is 6.60. The quantitative estimate of drug-likeness (QED) is 0.618. The third-order valence-electron chi connectivity index (χ3n) is 6.04. The maximum atomic E-state index is 13.0. The van der Waals surface area contributed by atoms with Crippen LogP contribution >= 0.6 is 11.3 Å². The van der Waals surface area contributed by atoms with Gasteiger partial charge in [0.25, 0.3) is 5.91 Å². The number of carbonyl (C=O) groups excluding carboxylic acids is 1. The highest BCUT2D eigenvalue weighted by Crippen LogP contribution is 2.45. The van der Waals surface area contributed by atoms with Gasteiger partial charge in [0.05, 0.1) is 18.8 Å². The zero-order valence-corrected chi connectivity index (χ0v) is 16.7. The van der Waals surface area contributed by atoms with Crippen LogP contribution in [-0.4, -0.2) is 45.6 Å². The van der Waals surface area contributed by atoms with Crippen LogP contribution < -0.4 is 5.32 Å². The van der Waals surface area contributed by atoms with E-state index in [-0.39, 0.29) is 17.9 Å². The standard InChI is InChI=1S/C21H24N4O2S/c1-13-3-2-4-15-14(13)9-17(23-15)19(27)25-8-5-16-18(10-25)28-20(24-16)22-11-21(12-26)6-7-21/h2-4,9,23,26H,5-8,10-12H2,1H3,(H,22,24). The van der Waals surface area contributed by atoms with Crippen molar-refractivity contribution in [2.75, 3.05) is 25.0 Å². The number of aliphatic hydroxyl groups is 1. The van der Waals surface area contributed by atoms with Crippen molar-refractivity contribution in [2.45, 2.75) is 32.7 Å². The average molecular weight is 397 g/mol. The number of amides is 1. The molecule has 0 saturated heterocycles. The van der Waals surface area contributed by atoms with E-state index in [1.54, 1.807) is 11.3 Å². The number of aliphatic hydroxyl groups excluding tert-OH is 1. The number of hydrogen-bond acceptors (Lipinski definition) is 5. The number of aryl methyl sites for hydroxylation is 1. The molecule has 2 aromatic heterocycles. The molecule has 2 aliphatic rings. The Hall–Kier alpha value is -2.38. The van der Waals surface area contributed by atoms with Crippen molar-refractivity contribution in [1.29, 1.82) is 0 Å². The van der Waals surface area contributed by atoms with Crippen molar-refractivity contribution in [3.63, 3.8) is 0 Å². The molecule has 0 radical (unpaired) electrons. The molecule has 3 aromatic rings. The first kappa shape index (κ1) is 17.7. The average Bonchev–Trinajstić information content (AvgIpc) is 3.16. The van der Waals surface area contributed by atoms with Gasteiger partial charge in [-0.3, -0.25) is 4.79 Å². The summed E-state index contributed by atoms with van der Waals surface area (Å²) in [4.78, 5) is 24.1. The lowest BCUT2D eigenvalue weighted by Crippen LogP contribution is -2.35. The van der Waals surface area contributed by atoms with Crippen LogP contribution in [0.1, 0.15) is 39.5 Å². The van der Waals surface area contributed by atoms with Crippen molar-refractivity contribution in [3.05, 3.63) is 46.1 Å². The van der Waals surface area contributed by atoms with E-state index in [1.807, 2.05) is 23.1 Å². The number of fused-ring (bicyclic) bond motifs is 2. The van der Waals surface area contributed by atoms with E-state index in [0.29, 0.717) is 18.8 Å². The monoisotopic (exact) mass is 396 g/mol. The lowest BCUT2D eigenvalue weighted by Gasteiger charge is -2.25. The Bertz CT molecular complexity index is 1050. The first-order valence-electron chi connectivity index (χ1n) is 9.78. The van der Waals surface area contributed by atoms with Crippen LogP contribution in [0.4, 0.5) is 5.13 Å². The summed E-state index contributed by atoms with van der Waals surface area (Å²) in [5.41, 5.74) is 3.97. The van der Waals surface area contributed by atoms with Gasteiger partial charge in [-0.25, -0.2) is 4.98 Å². The third-order valence-corrected chi connectivity index (χ3v) is 7.08. The summed E-state index contributed by atoms with van der Waals surface area (Å²) in [6.45, 7) is 4.35. The third kappa shape index (κ3) is 3.08. The van der Waals surface area contributed by atoms with Crippen molar-refractivity contribution in [1.82, 2.24) is 14.9 Å². The number of nitrogens with zero attached hydrogens (tertiary/aromatic N) is 2. The Morgan fingerprint density at radius 3 is 3.04 bits per heavy atom. The van der Waals surface area contributed by atoms with Gasteiger partial charge in [-0.15, -0.1) is 0 Å². The summed E-state index contributed by atoms with van der Waals surface area (Å²) in [6, 6.07) is 8.04. The minimum atomic E-state index is 0.0429. The van der Waals surface area contributed by atoms with Crippen LogP contribution in [0.15, 0.2) is 24.3 Å². The van der Waals surface area contributed by atoms with Crippen LogP contribution in [0, 0.1) is 12.3 Å². The lowest BCUT2D eigenvalue weighted by atomic mass is 10.1. The summed E-state index contributed by atoms with van der Waals surface area (Å²) in [5, 5.41) is 14.9. The second-order valence-corrected chi connectivity index (χ2v) is 9.18. The fourth-order valence-electron chi connectivity index (χ4n) is 3.87. The van der Waals surface area contributed by atoms with Crippen LogP contribution in [-0.2, 0) is 13.0 Å². The SMILES string of the molecule is Cc1cccc2[nH]c(C(=O)N3CCc4nc(NCC5(CO)CC5)sc4C3)cc12. The first-order chi connectivity index (χ1) is 13.6. The molecular formula is C21H24N4O2S. The maximum Gasteiger partial charge on any atom is 0.270 e. The van der Waals surface area contributed by atoms with Crippen LogP contribution in [0.2, 0.25) is 0 Å². The molecule has 1 saturated carbocycles. The Balaban J connectivity index is 1.30. The molecule has 0 unspecified atom stereocenters. The van der Waals surface area contributed by atoms with E-state index in [4.69, 9.17) is 4.98 Å². The molecule has 3 N–H and O–H groups in total. The number of hydrogen-bond donors (Lipinski definition) is 3. The molecule has 0 spiro atoms. The van der Waals surface area contributed by atoms with Gasteiger partial charge in [0.2, 0.25) is 0 Å². The number of aromatic nitrogens is 2. The number of nitrogens with one attached hydrogen (secondary N) is 2. The minimum absolute atomic E-state index is 0.0429. The van der Waals surface area contributed by atoms with Gasteiger partial charge in [-0.2, -0.15) is 0 Å². The number of rotatable bonds is 5. The van der Waals surface area contributed by atoms with Gasteiger partial charge >= 0.3 is 0 Å². The number of thiazole rings is 1. The maximum absolute atomic E-state index is 13.0. The van der Waals surface area contributed by atoms with E-state index in [2.05, 4.69) is 23.3 Å². The van der Waals surface area contributed by atoms with Gasteiger partial charge in [-0.1, -0.05) is 23.5 Å². The smallest absolute Gasteiger partial charge is 0.270 e. The summed E-state index contributed by atoms with van der Waals surface area (Å²) in [5.74, 6) is 0.0429. The predicted molar refractivity (Wildman–Crippen MR) is 111 cm³/mol. The highest BCUT2D eigenvalue weighted by molar-refractivity contribution is 7.15. The van der Waals surface area contributed by atoms with Crippen molar-refractivity contribution in [3.8, 4) is 0 Å². The highest BCUT2D eigenvalue weighted by atomic mass is 32.1. The number of benzene rings is 1. The Kier molecular flexibility index (Phi) is 4.17. The van der Waals surface area contributed by atoms with Crippen LogP contribution in [0.5, 0.6) is 0 Å². The molecule has 146 valence electrons. The Morgan fingerprint density at radius 1 is 1.43 bits per heavy atom. The Labute approximate surface area is 167 Å². The Morgan fingerprint density at radius 2 is 2.29 bits per heavy atom. The first-order valence-corrected chi connectivity index (χ1v) is 10.6. The second-order valence-electron chi connectivity index (χ2n) is 8.10. The van der Waals surface area contributed by atoms with E-state index >= 15 is 0 Å². The summed E-state index contributed by atoms with van der Waals surface area (Å²) < 4.78 is 0. The van der Waals surface area contributed by atoms with Gasteiger partial charge in [0, 0.05) is 40.7 Å². The van der Waals surface area contributed by atoms with Crippen LogP contribution in [0.25, 0.3) is 10.9 Å². The molecule has 3 heterocycles. The van der Waals surface area contributed by atoms with Gasteiger partial charge in [0.15, 0.2) is 5.13 Å². The molecule has 1 aromatic carbocycles. The number of H-pyrrole nitrogens is 1. The molecular weight excluding hydrogens is 372 g/mol.